The number of hydrogen-bond donors (Lipinski definition) is 0. The van der Waals surface area contributed by atoms with E-state index in [4.69, 9.17) is 0 Å². The van der Waals surface area contributed by atoms with Crippen molar-refractivity contribution in [2.45, 2.75) is 48.5 Å². The highest BCUT2D eigenvalue weighted by atomic mass is 15.0. The summed E-state index contributed by atoms with van der Waals surface area (Å²) in [7, 11) is 4.11. The average Bonchev–Trinajstić information content (AvgIpc) is 2.38. The summed E-state index contributed by atoms with van der Waals surface area (Å²) < 4.78 is 0. The molecule has 0 atom stereocenters. The predicted octanol–water partition coefficient (Wildman–Crippen LogP) is 4.92. The third-order valence-electron chi connectivity index (χ3n) is 1.85. The van der Waals surface area contributed by atoms with Gasteiger partial charge >= 0.3 is 0 Å². The molecule has 0 amide bonds. The van der Waals surface area contributed by atoms with Gasteiger partial charge in [-0.2, -0.15) is 0 Å². The predicted molar refractivity (Wildman–Crippen MR) is 82.8 cm³/mol. The molecule has 0 heterocycles. The third kappa shape index (κ3) is 21.1. The number of benzene rings is 1. The Kier molecular flexibility index (Phi) is 22.2. The number of aryl methyl sites for hydroxylation is 2. The minimum atomic E-state index is 1.14. The maximum Gasteiger partial charge on any atom is -0.00533 e. The summed E-state index contributed by atoms with van der Waals surface area (Å²) in [5.74, 6) is 0. The van der Waals surface area contributed by atoms with Gasteiger partial charge in [-0.1, -0.05) is 70.0 Å². The molecule has 1 nitrogen and oxygen atoms in total. The Morgan fingerprint density at radius 2 is 0.941 bits per heavy atom. The standard InChI is InChI=1S/C8H10.C4H11N.2C2H6/c1-7-3-5-8(2)6-4-7;1-4-5(2)3;2*1-2/h3-6H,1-2H3;4H2,1-3H3;2*1-2H3. The van der Waals surface area contributed by atoms with E-state index in [9.17, 15) is 0 Å². The van der Waals surface area contributed by atoms with Crippen LogP contribution >= 0.6 is 0 Å². The molecule has 0 bridgehead atoms. The minimum absolute atomic E-state index is 1.14. The Bertz CT molecular complexity index is 190. The van der Waals surface area contributed by atoms with Gasteiger partial charge in [0.05, 0.1) is 0 Å². The first-order chi connectivity index (χ1) is 8.06. The fourth-order valence-corrected chi connectivity index (χ4v) is 0.637. The Balaban J connectivity index is -0.000000190. The van der Waals surface area contributed by atoms with E-state index in [1.54, 1.807) is 0 Å². The number of hydrogen-bond acceptors (Lipinski definition) is 1. The highest BCUT2D eigenvalue weighted by Crippen LogP contribution is 1.99. The van der Waals surface area contributed by atoms with Crippen LogP contribution < -0.4 is 0 Å². The molecule has 1 heteroatoms. The molecule has 0 unspecified atom stereocenters. The van der Waals surface area contributed by atoms with Gasteiger partial charge < -0.3 is 4.90 Å². The first-order valence-corrected chi connectivity index (χ1v) is 6.74. The summed E-state index contributed by atoms with van der Waals surface area (Å²) in [5.41, 5.74) is 2.66. The molecule has 1 aromatic rings. The van der Waals surface area contributed by atoms with Gasteiger partial charge in [0.25, 0.3) is 0 Å². The maximum absolute atomic E-state index is 2.12. The number of rotatable bonds is 1. The molecule has 0 aliphatic heterocycles. The van der Waals surface area contributed by atoms with E-state index in [0.717, 1.165) is 6.54 Å². The van der Waals surface area contributed by atoms with Crippen LogP contribution in [0.1, 0.15) is 45.7 Å². The van der Waals surface area contributed by atoms with Crippen LogP contribution in [-0.4, -0.2) is 25.5 Å². The van der Waals surface area contributed by atoms with Crippen molar-refractivity contribution in [1.82, 2.24) is 4.90 Å². The third-order valence-corrected chi connectivity index (χ3v) is 1.85. The van der Waals surface area contributed by atoms with E-state index in [-0.39, 0.29) is 0 Å². The highest BCUT2D eigenvalue weighted by Gasteiger charge is 1.79. The minimum Gasteiger partial charge on any atom is -0.310 e. The molecule has 102 valence electrons. The first kappa shape index (κ1) is 21.5. The lowest BCUT2D eigenvalue weighted by Gasteiger charge is -2.00. The summed E-state index contributed by atoms with van der Waals surface area (Å²) in [4.78, 5) is 2.12. The van der Waals surface area contributed by atoms with Gasteiger partial charge in [0, 0.05) is 0 Å². The van der Waals surface area contributed by atoms with Gasteiger partial charge in [0.2, 0.25) is 0 Å². The van der Waals surface area contributed by atoms with Crippen molar-refractivity contribution >= 4 is 0 Å². The molecule has 0 fully saturated rings. The molecule has 0 aromatic heterocycles. The smallest absolute Gasteiger partial charge is 0.00533 e. The molecule has 1 rings (SSSR count). The zero-order valence-electron chi connectivity index (χ0n) is 13.5. The quantitative estimate of drug-likeness (QED) is 0.672. The normalized spacial score (nSPS) is 7.88. The second-order valence-corrected chi connectivity index (χ2v) is 3.55. The van der Waals surface area contributed by atoms with Crippen LogP contribution in [0.15, 0.2) is 24.3 Å². The molecule has 0 N–H and O–H groups in total. The van der Waals surface area contributed by atoms with Crippen molar-refractivity contribution in [3.8, 4) is 0 Å². The molecule has 0 aliphatic rings. The summed E-state index contributed by atoms with van der Waals surface area (Å²) in [6.07, 6.45) is 0. The Morgan fingerprint density at radius 1 is 0.765 bits per heavy atom. The van der Waals surface area contributed by atoms with Crippen molar-refractivity contribution < 1.29 is 0 Å². The Hall–Kier alpha value is -0.820. The van der Waals surface area contributed by atoms with Crippen molar-refractivity contribution in [2.75, 3.05) is 20.6 Å². The van der Waals surface area contributed by atoms with Crippen LogP contribution in [0.5, 0.6) is 0 Å². The Morgan fingerprint density at radius 3 is 1.06 bits per heavy atom. The average molecular weight is 239 g/mol. The monoisotopic (exact) mass is 239 g/mol. The summed E-state index contributed by atoms with van der Waals surface area (Å²) in [5, 5.41) is 0. The summed E-state index contributed by atoms with van der Waals surface area (Å²) in [6.45, 7) is 15.5. The molecule has 0 saturated heterocycles. The van der Waals surface area contributed by atoms with Gasteiger partial charge in [-0.3, -0.25) is 0 Å². The molecule has 0 aliphatic carbocycles. The van der Waals surface area contributed by atoms with E-state index < -0.39 is 0 Å². The SMILES string of the molecule is CC.CC.CCN(C)C.Cc1ccc(C)cc1. The van der Waals surface area contributed by atoms with Crippen molar-refractivity contribution in [3.63, 3.8) is 0 Å². The van der Waals surface area contributed by atoms with Crippen LogP contribution in [0.4, 0.5) is 0 Å². The van der Waals surface area contributed by atoms with Crippen LogP contribution in [0.2, 0.25) is 0 Å². The molecular formula is C16H33N. The molecule has 0 spiro atoms. The zero-order valence-corrected chi connectivity index (χ0v) is 13.5. The van der Waals surface area contributed by atoms with Crippen molar-refractivity contribution in [2.24, 2.45) is 0 Å². The van der Waals surface area contributed by atoms with Crippen molar-refractivity contribution in [3.05, 3.63) is 35.4 Å². The first-order valence-electron chi connectivity index (χ1n) is 6.74. The van der Waals surface area contributed by atoms with Gasteiger partial charge in [0.1, 0.15) is 0 Å². The van der Waals surface area contributed by atoms with E-state index in [1.165, 1.54) is 11.1 Å². The topological polar surface area (TPSA) is 3.24 Å². The van der Waals surface area contributed by atoms with Gasteiger partial charge in [-0.25, -0.2) is 0 Å². The van der Waals surface area contributed by atoms with E-state index in [1.807, 2.05) is 27.7 Å². The fraction of sp³-hybridized carbons (Fsp3) is 0.625. The van der Waals surface area contributed by atoms with E-state index in [0.29, 0.717) is 0 Å². The van der Waals surface area contributed by atoms with Crippen LogP contribution in [0.3, 0.4) is 0 Å². The van der Waals surface area contributed by atoms with Crippen molar-refractivity contribution in [1.29, 1.82) is 0 Å². The molecule has 17 heavy (non-hydrogen) atoms. The van der Waals surface area contributed by atoms with Gasteiger partial charge in [-0.15, -0.1) is 0 Å². The van der Waals surface area contributed by atoms with Crippen LogP contribution in [-0.2, 0) is 0 Å². The summed E-state index contributed by atoms with van der Waals surface area (Å²) in [6, 6.07) is 8.48. The molecule has 1 aromatic carbocycles. The van der Waals surface area contributed by atoms with E-state index >= 15 is 0 Å². The zero-order chi connectivity index (χ0) is 14.3. The second kappa shape index (κ2) is 17.6. The molecular weight excluding hydrogens is 206 g/mol. The van der Waals surface area contributed by atoms with Gasteiger partial charge in [0.15, 0.2) is 0 Å². The fourth-order valence-electron chi connectivity index (χ4n) is 0.637. The highest BCUT2D eigenvalue weighted by molar-refractivity contribution is 5.19. The lowest BCUT2D eigenvalue weighted by atomic mass is 10.2. The lowest BCUT2D eigenvalue weighted by molar-refractivity contribution is 0.434. The second-order valence-electron chi connectivity index (χ2n) is 3.55. The molecule has 0 radical (unpaired) electrons. The largest absolute Gasteiger partial charge is 0.310 e. The van der Waals surface area contributed by atoms with Crippen LogP contribution in [0.25, 0.3) is 0 Å². The van der Waals surface area contributed by atoms with Crippen LogP contribution in [0, 0.1) is 13.8 Å². The molecule has 0 saturated carbocycles. The lowest BCUT2D eigenvalue weighted by Crippen LogP contribution is -2.08. The maximum atomic E-state index is 2.12. The number of nitrogens with zero attached hydrogens (tertiary/aromatic N) is 1. The van der Waals surface area contributed by atoms with Gasteiger partial charge in [-0.05, 0) is 34.5 Å². The van der Waals surface area contributed by atoms with E-state index in [2.05, 4.69) is 64.0 Å². The Labute approximate surface area is 110 Å². The summed E-state index contributed by atoms with van der Waals surface area (Å²) >= 11 is 0.